The normalized spacial score (nSPS) is 10.8. The fourth-order valence-corrected chi connectivity index (χ4v) is 2.06. The molecular formula is C13H15N4O2. The summed E-state index contributed by atoms with van der Waals surface area (Å²) < 4.78 is 0. The molecule has 0 unspecified atom stereocenters. The minimum Gasteiger partial charge on any atom is -0.369 e. The van der Waals surface area contributed by atoms with Gasteiger partial charge in [-0.05, 0) is 30.0 Å². The number of fused-ring (bicyclic) bond motifs is 1. The molecule has 0 spiro atoms. The van der Waals surface area contributed by atoms with E-state index in [9.17, 15) is 9.59 Å². The Hall–Kier alpha value is -2.37. The average molecular weight is 259 g/mol. The van der Waals surface area contributed by atoms with Crippen molar-refractivity contribution in [3.8, 4) is 0 Å². The summed E-state index contributed by atoms with van der Waals surface area (Å²) >= 11 is 0. The van der Waals surface area contributed by atoms with Crippen molar-refractivity contribution in [2.24, 2.45) is 11.5 Å². The van der Waals surface area contributed by atoms with E-state index in [0.717, 1.165) is 23.1 Å². The van der Waals surface area contributed by atoms with Crippen LogP contribution in [0, 0.1) is 6.42 Å². The number of hydrogen-bond donors (Lipinski definition) is 3. The van der Waals surface area contributed by atoms with Crippen molar-refractivity contribution >= 4 is 22.7 Å². The third-order valence-electron chi connectivity index (χ3n) is 2.97. The molecule has 1 radical (unpaired) electrons. The van der Waals surface area contributed by atoms with E-state index in [2.05, 4.69) is 10.2 Å². The van der Waals surface area contributed by atoms with E-state index in [1.165, 1.54) is 6.42 Å². The number of rotatable bonds is 5. The number of primary amides is 2. The molecule has 0 bridgehead atoms. The van der Waals surface area contributed by atoms with E-state index in [-0.39, 0.29) is 5.69 Å². The second kappa shape index (κ2) is 5.09. The lowest BCUT2D eigenvalue weighted by atomic mass is 10.00. The summed E-state index contributed by atoms with van der Waals surface area (Å²) in [5.74, 6) is -1.05. The molecule has 0 atom stereocenters. The van der Waals surface area contributed by atoms with Gasteiger partial charge in [-0.15, -0.1) is 0 Å². The molecule has 2 aromatic rings. The highest BCUT2D eigenvalue weighted by atomic mass is 16.1. The Morgan fingerprint density at radius 3 is 2.68 bits per heavy atom. The number of nitrogens with one attached hydrogen (secondary N) is 1. The van der Waals surface area contributed by atoms with Crippen LogP contribution >= 0.6 is 0 Å². The third-order valence-corrected chi connectivity index (χ3v) is 2.97. The molecule has 6 heteroatoms. The molecule has 0 aliphatic carbocycles. The quantitative estimate of drug-likeness (QED) is 0.724. The summed E-state index contributed by atoms with van der Waals surface area (Å²) in [6, 6.07) is 3.77. The largest absolute Gasteiger partial charge is 0.369 e. The number of H-pyrrole nitrogens is 1. The van der Waals surface area contributed by atoms with Gasteiger partial charge in [-0.3, -0.25) is 14.7 Å². The van der Waals surface area contributed by atoms with Gasteiger partial charge >= 0.3 is 0 Å². The van der Waals surface area contributed by atoms with Crippen LogP contribution in [-0.4, -0.2) is 22.0 Å². The van der Waals surface area contributed by atoms with E-state index in [1.54, 1.807) is 6.07 Å². The molecule has 0 aliphatic rings. The van der Waals surface area contributed by atoms with E-state index in [1.807, 2.05) is 13.0 Å². The van der Waals surface area contributed by atoms with Crippen molar-refractivity contribution < 1.29 is 9.59 Å². The lowest BCUT2D eigenvalue weighted by molar-refractivity contribution is -0.115. The van der Waals surface area contributed by atoms with Gasteiger partial charge < -0.3 is 11.5 Å². The summed E-state index contributed by atoms with van der Waals surface area (Å²) in [6.45, 7) is 2.00. The van der Waals surface area contributed by atoms with Gasteiger partial charge in [-0.1, -0.05) is 13.0 Å². The Labute approximate surface area is 110 Å². The van der Waals surface area contributed by atoms with Crippen LogP contribution in [0.1, 0.15) is 28.5 Å². The lowest BCUT2D eigenvalue weighted by Gasteiger charge is -2.05. The van der Waals surface area contributed by atoms with Crippen LogP contribution in [0.3, 0.4) is 0 Å². The van der Waals surface area contributed by atoms with Gasteiger partial charge in [0.05, 0.1) is 11.9 Å². The maximum Gasteiger partial charge on any atom is 0.269 e. The summed E-state index contributed by atoms with van der Waals surface area (Å²) in [6.07, 6.45) is 2.59. The van der Waals surface area contributed by atoms with Crippen LogP contribution in [0.25, 0.3) is 10.9 Å². The van der Waals surface area contributed by atoms with Gasteiger partial charge in [0.1, 0.15) is 0 Å². The summed E-state index contributed by atoms with van der Waals surface area (Å²) in [7, 11) is 0. The molecule has 0 saturated carbocycles. The van der Waals surface area contributed by atoms with Crippen molar-refractivity contribution in [2.45, 2.75) is 19.8 Å². The number of carbonyl (C=O) groups is 2. The number of amides is 2. The molecular weight excluding hydrogens is 244 g/mol. The summed E-state index contributed by atoms with van der Waals surface area (Å²) in [5, 5.41) is 7.45. The van der Waals surface area contributed by atoms with Crippen LogP contribution < -0.4 is 11.5 Å². The van der Waals surface area contributed by atoms with Crippen molar-refractivity contribution in [1.82, 2.24) is 10.2 Å². The number of nitrogens with zero attached hydrogens (tertiary/aromatic N) is 1. The Balaban J connectivity index is 2.52. The predicted molar refractivity (Wildman–Crippen MR) is 71.2 cm³/mol. The van der Waals surface area contributed by atoms with Gasteiger partial charge in [0.2, 0.25) is 5.91 Å². The van der Waals surface area contributed by atoms with E-state index in [4.69, 9.17) is 11.5 Å². The number of carbonyl (C=O) groups excluding carboxylic acids is 2. The maximum absolute atomic E-state index is 11.3. The smallest absolute Gasteiger partial charge is 0.269 e. The highest BCUT2D eigenvalue weighted by molar-refractivity contribution is 6.04. The zero-order valence-electron chi connectivity index (χ0n) is 10.6. The van der Waals surface area contributed by atoms with Gasteiger partial charge in [0.25, 0.3) is 5.91 Å². The molecule has 19 heavy (non-hydrogen) atoms. The molecule has 2 rings (SSSR count). The predicted octanol–water partition coefficient (Wildman–Crippen LogP) is 0.456. The van der Waals surface area contributed by atoms with Gasteiger partial charge in [0, 0.05) is 5.39 Å². The second-order valence-corrected chi connectivity index (χ2v) is 4.28. The highest BCUT2D eigenvalue weighted by Crippen LogP contribution is 2.23. The molecule has 1 aromatic carbocycles. The standard InChI is InChI=1S/C13H15N4O2/c1-2-8-5-7(3-4-10(14)18)6-9-11(8)16-17-12(9)13(15)19/h4-6H,2-3H2,1H3,(H2,14,18)(H2,15,19)(H,16,17). The first kappa shape index (κ1) is 13.1. The first-order valence-electron chi connectivity index (χ1n) is 5.95. The number of hydrogen-bond acceptors (Lipinski definition) is 3. The lowest BCUT2D eigenvalue weighted by Crippen LogP contribution is -2.13. The van der Waals surface area contributed by atoms with Crippen LogP contribution in [0.4, 0.5) is 0 Å². The highest BCUT2D eigenvalue weighted by Gasteiger charge is 2.14. The van der Waals surface area contributed by atoms with Crippen molar-refractivity contribution in [1.29, 1.82) is 0 Å². The molecule has 2 amide bonds. The number of nitrogens with two attached hydrogens (primary N) is 2. The van der Waals surface area contributed by atoms with Gasteiger partial charge in [0.15, 0.2) is 5.69 Å². The zero-order chi connectivity index (χ0) is 14.0. The summed E-state index contributed by atoms with van der Waals surface area (Å²) in [5.41, 5.74) is 13.3. The molecule has 1 heterocycles. The molecule has 5 N–H and O–H groups in total. The molecule has 0 fully saturated rings. The Morgan fingerprint density at radius 2 is 2.11 bits per heavy atom. The molecule has 0 saturated heterocycles. The van der Waals surface area contributed by atoms with Gasteiger partial charge in [-0.25, -0.2) is 0 Å². The van der Waals surface area contributed by atoms with Crippen molar-refractivity contribution in [3.63, 3.8) is 0 Å². The Bertz CT molecular complexity index is 645. The number of aromatic nitrogens is 2. The van der Waals surface area contributed by atoms with Crippen LogP contribution in [0.15, 0.2) is 12.1 Å². The first-order chi connectivity index (χ1) is 9.02. The van der Waals surface area contributed by atoms with Gasteiger partial charge in [-0.2, -0.15) is 5.10 Å². The molecule has 1 aromatic heterocycles. The molecule has 0 aliphatic heterocycles. The van der Waals surface area contributed by atoms with Crippen LogP contribution in [0.2, 0.25) is 0 Å². The van der Waals surface area contributed by atoms with Crippen LogP contribution in [-0.2, 0) is 17.6 Å². The number of benzene rings is 1. The fraction of sp³-hybridized carbons (Fsp3) is 0.231. The van der Waals surface area contributed by atoms with Crippen molar-refractivity contribution in [2.75, 3.05) is 0 Å². The third kappa shape index (κ3) is 2.57. The second-order valence-electron chi connectivity index (χ2n) is 4.28. The van der Waals surface area contributed by atoms with E-state index < -0.39 is 11.8 Å². The van der Waals surface area contributed by atoms with E-state index in [0.29, 0.717) is 11.8 Å². The SMILES string of the molecule is CCc1cc(C[CH]C(N)=O)cc2c(C(N)=O)n[nH]c12. The molecule has 6 nitrogen and oxygen atoms in total. The fourth-order valence-electron chi connectivity index (χ4n) is 2.06. The number of aryl methyl sites for hydroxylation is 1. The molecule has 99 valence electrons. The number of aromatic amines is 1. The minimum atomic E-state index is -0.579. The van der Waals surface area contributed by atoms with E-state index >= 15 is 0 Å². The Morgan fingerprint density at radius 1 is 1.37 bits per heavy atom. The zero-order valence-corrected chi connectivity index (χ0v) is 10.6. The Kier molecular flexibility index (Phi) is 3.50. The maximum atomic E-state index is 11.3. The van der Waals surface area contributed by atoms with Crippen LogP contribution in [0.5, 0.6) is 0 Å². The topological polar surface area (TPSA) is 115 Å². The average Bonchev–Trinajstić information content (AvgIpc) is 2.79. The summed E-state index contributed by atoms with van der Waals surface area (Å²) in [4.78, 5) is 22.1. The first-order valence-corrected chi connectivity index (χ1v) is 5.95. The van der Waals surface area contributed by atoms with Crippen molar-refractivity contribution in [3.05, 3.63) is 35.4 Å². The minimum absolute atomic E-state index is 0.214. The monoisotopic (exact) mass is 259 g/mol.